The lowest BCUT2D eigenvalue weighted by Crippen LogP contribution is -2.28. The molecule has 2 heterocycles. The Morgan fingerprint density at radius 2 is 1.97 bits per heavy atom. The predicted molar refractivity (Wildman–Crippen MR) is 129 cm³/mol. The first-order chi connectivity index (χ1) is 15.9. The van der Waals surface area contributed by atoms with Crippen molar-refractivity contribution in [2.75, 3.05) is 14.2 Å². The van der Waals surface area contributed by atoms with Gasteiger partial charge in [0, 0.05) is 49.5 Å². The SMILES string of the molecule is CCn1ncc(CN(C)C(=O)c2nc(-c3ccccc3Cl)nc3ccc(COC)cc23)c1C. The summed E-state index contributed by atoms with van der Waals surface area (Å²) in [6.07, 6.45) is 1.81. The molecule has 0 aliphatic rings. The number of hydrogen-bond donors (Lipinski definition) is 0. The van der Waals surface area contributed by atoms with Crippen LogP contribution in [0, 0.1) is 6.92 Å². The molecule has 8 heteroatoms. The van der Waals surface area contributed by atoms with Crippen LogP contribution in [0.4, 0.5) is 0 Å². The molecule has 0 spiro atoms. The van der Waals surface area contributed by atoms with Crippen molar-refractivity contribution < 1.29 is 9.53 Å². The summed E-state index contributed by atoms with van der Waals surface area (Å²) in [5.74, 6) is 0.216. The molecule has 0 saturated heterocycles. The first-order valence-corrected chi connectivity index (χ1v) is 11.1. The van der Waals surface area contributed by atoms with E-state index in [0.29, 0.717) is 46.2 Å². The van der Waals surface area contributed by atoms with Gasteiger partial charge in [-0.1, -0.05) is 29.8 Å². The van der Waals surface area contributed by atoms with E-state index in [4.69, 9.17) is 26.3 Å². The average Bonchev–Trinajstić information content (AvgIpc) is 3.17. The molecule has 0 atom stereocenters. The molecule has 33 heavy (non-hydrogen) atoms. The topological polar surface area (TPSA) is 73.1 Å². The summed E-state index contributed by atoms with van der Waals surface area (Å²) in [4.78, 5) is 24.7. The van der Waals surface area contributed by atoms with Crippen molar-refractivity contribution in [3.63, 3.8) is 0 Å². The Labute approximate surface area is 198 Å². The highest BCUT2D eigenvalue weighted by Crippen LogP contribution is 2.28. The third-order valence-corrected chi connectivity index (χ3v) is 5.98. The van der Waals surface area contributed by atoms with E-state index in [2.05, 4.69) is 5.10 Å². The van der Waals surface area contributed by atoms with Gasteiger partial charge in [0.2, 0.25) is 0 Å². The number of rotatable bonds is 7. The first kappa shape index (κ1) is 22.9. The van der Waals surface area contributed by atoms with Crippen molar-refractivity contribution >= 4 is 28.4 Å². The Morgan fingerprint density at radius 1 is 1.18 bits per heavy atom. The molecule has 2 aromatic heterocycles. The zero-order valence-electron chi connectivity index (χ0n) is 19.2. The van der Waals surface area contributed by atoms with E-state index >= 15 is 0 Å². The molecule has 1 amide bonds. The van der Waals surface area contributed by atoms with Crippen LogP contribution in [0.1, 0.15) is 34.2 Å². The maximum absolute atomic E-state index is 13.6. The van der Waals surface area contributed by atoms with Crippen molar-refractivity contribution in [1.29, 1.82) is 0 Å². The lowest BCUT2D eigenvalue weighted by Gasteiger charge is -2.18. The van der Waals surface area contributed by atoms with Gasteiger partial charge in [0.15, 0.2) is 5.82 Å². The molecule has 170 valence electrons. The molecule has 0 saturated carbocycles. The summed E-state index contributed by atoms with van der Waals surface area (Å²) in [6.45, 7) is 5.69. The Morgan fingerprint density at radius 3 is 2.67 bits per heavy atom. The number of ether oxygens (including phenoxy) is 1. The number of carbonyl (C=O) groups excluding carboxylic acids is 1. The third kappa shape index (κ3) is 4.60. The van der Waals surface area contributed by atoms with Crippen molar-refractivity contribution in [1.82, 2.24) is 24.6 Å². The molecule has 4 aromatic rings. The molecule has 0 bridgehead atoms. The second-order valence-corrected chi connectivity index (χ2v) is 8.30. The van der Waals surface area contributed by atoms with Crippen molar-refractivity contribution in [3.05, 3.63) is 76.2 Å². The lowest BCUT2D eigenvalue weighted by atomic mass is 10.1. The van der Waals surface area contributed by atoms with Gasteiger partial charge >= 0.3 is 0 Å². The fraction of sp³-hybridized carbons (Fsp3) is 0.280. The van der Waals surface area contributed by atoms with Crippen LogP contribution in [0.2, 0.25) is 5.02 Å². The molecule has 4 rings (SSSR count). The Kier molecular flexibility index (Phi) is 6.72. The number of nitrogens with zero attached hydrogens (tertiary/aromatic N) is 5. The zero-order valence-corrected chi connectivity index (χ0v) is 19.9. The van der Waals surface area contributed by atoms with Crippen LogP contribution in [0.5, 0.6) is 0 Å². The molecule has 0 unspecified atom stereocenters. The van der Waals surface area contributed by atoms with E-state index in [1.54, 1.807) is 25.1 Å². The van der Waals surface area contributed by atoms with E-state index in [9.17, 15) is 4.79 Å². The normalized spacial score (nSPS) is 11.2. The van der Waals surface area contributed by atoms with Crippen LogP contribution in [0.25, 0.3) is 22.3 Å². The minimum absolute atomic E-state index is 0.200. The van der Waals surface area contributed by atoms with Gasteiger partial charge in [-0.2, -0.15) is 5.10 Å². The summed E-state index contributed by atoms with van der Waals surface area (Å²) in [5, 5.41) is 5.60. The Balaban J connectivity index is 1.80. The van der Waals surface area contributed by atoms with Gasteiger partial charge in [-0.15, -0.1) is 0 Å². The first-order valence-electron chi connectivity index (χ1n) is 10.7. The highest BCUT2D eigenvalue weighted by Gasteiger charge is 2.21. The summed E-state index contributed by atoms with van der Waals surface area (Å²) < 4.78 is 7.19. The number of methoxy groups -OCH3 is 1. The quantitative estimate of drug-likeness (QED) is 0.390. The standard InChI is InChI=1S/C25H26ClN5O2/c1-5-31-16(2)18(13-27-31)14-30(3)25(32)23-20-12-17(15-33-4)10-11-22(20)28-24(29-23)19-8-6-7-9-21(19)26/h6-13H,5,14-15H2,1-4H3. The molecule has 0 radical (unpaired) electrons. The van der Waals surface area contributed by atoms with Gasteiger partial charge in [-0.25, -0.2) is 9.97 Å². The monoisotopic (exact) mass is 463 g/mol. The van der Waals surface area contributed by atoms with E-state index in [0.717, 1.165) is 23.4 Å². The molecular formula is C25H26ClN5O2. The van der Waals surface area contributed by atoms with Gasteiger partial charge in [0.1, 0.15) is 5.69 Å². The minimum atomic E-state index is -0.200. The van der Waals surface area contributed by atoms with Crippen LogP contribution in [-0.4, -0.2) is 44.7 Å². The maximum atomic E-state index is 13.6. The van der Waals surface area contributed by atoms with Gasteiger partial charge in [0.05, 0.1) is 23.3 Å². The number of aryl methyl sites for hydroxylation is 1. The summed E-state index contributed by atoms with van der Waals surface area (Å²) >= 11 is 6.41. The van der Waals surface area contributed by atoms with Gasteiger partial charge in [-0.3, -0.25) is 9.48 Å². The second-order valence-electron chi connectivity index (χ2n) is 7.89. The van der Waals surface area contributed by atoms with Gasteiger partial charge in [-0.05, 0) is 43.7 Å². The minimum Gasteiger partial charge on any atom is -0.380 e. The number of benzene rings is 2. The second kappa shape index (κ2) is 9.68. The molecule has 0 aliphatic carbocycles. The van der Waals surface area contributed by atoms with E-state index in [1.165, 1.54) is 0 Å². The lowest BCUT2D eigenvalue weighted by molar-refractivity contribution is 0.0781. The van der Waals surface area contributed by atoms with Gasteiger partial charge in [0.25, 0.3) is 5.91 Å². The Bertz CT molecular complexity index is 1320. The molecule has 0 aliphatic heterocycles. The molecule has 2 aromatic carbocycles. The highest BCUT2D eigenvalue weighted by atomic mass is 35.5. The highest BCUT2D eigenvalue weighted by molar-refractivity contribution is 6.33. The van der Waals surface area contributed by atoms with Crippen molar-refractivity contribution in [2.24, 2.45) is 0 Å². The van der Waals surface area contributed by atoms with Crippen molar-refractivity contribution in [2.45, 2.75) is 33.5 Å². The molecule has 0 N–H and O–H groups in total. The largest absolute Gasteiger partial charge is 0.380 e. The molecule has 7 nitrogen and oxygen atoms in total. The fourth-order valence-electron chi connectivity index (χ4n) is 3.83. The smallest absolute Gasteiger partial charge is 0.273 e. The third-order valence-electron chi connectivity index (χ3n) is 5.65. The van der Waals surface area contributed by atoms with E-state index < -0.39 is 0 Å². The summed E-state index contributed by atoms with van der Waals surface area (Å²) in [6, 6.07) is 13.1. The number of aromatic nitrogens is 4. The van der Waals surface area contributed by atoms with Crippen LogP contribution >= 0.6 is 11.6 Å². The predicted octanol–water partition coefficient (Wildman–Crippen LogP) is 4.89. The average molecular weight is 464 g/mol. The van der Waals surface area contributed by atoms with E-state index in [-0.39, 0.29) is 5.91 Å². The maximum Gasteiger partial charge on any atom is 0.273 e. The van der Waals surface area contributed by atoms with Crippen LogP contribution < -0.4 is 0 Å². The van der Waals surface area contributed by atoms with Crippen LogP contribution in [0.3, 0.4) is 0 Å². The molecular weight excluding hydrogens is 438 g/mol. The van der Waals surface area contributed by atoms with Gasteiger partial charge < -0.3 is 9.64 Å². The number of carbonyl (C=O) groups is 1. The number of amides is 1. The Hall–Kier alpha value is -3.29. The number of halogens is 1. The number of hydrogen-bond acceptors (Lipinski definition) is 5. The fourth-order valence-corrected chi connectivity index (χ4v) is 4.05. The summed E-state index contributed by atoms with van der Waals surface area (Å²) in [5.41, 5.74) is 4.67. The van der Waals surface area contributed by atoms with E-state index in [1.807, 2.05) is 61.1 Å². The summed E-state index contributed by atoms with van der Waals surface area (Å²) in [7, 11) is 3.41. The number of fused-ring (bicyclic) bond motifs is 1. The zero-order chi connectivity index (χ0) is 23.5. The van der Waals surface area contributed by atoms with Crippen molar-refractivity contribution in [3.8, 4) is 11.4 Å². The van der Waals surface area contributed by atoms with Crippen LogP contribution in [0.15, 0.2) is 48.7 Å². The molecule has 0 fully saturated rings. The van der Waals surface area contributed by atoms with Crippen LogP contribution in [-0.2, 0) is 24.4 Å².